The van der Waals surface area contributed by atoms with Crippen molar-refractivity contribution in [1.82, 2.24) is 4.72 Å². The zero-order chi connectivity index (χ0) is 15.8. The lowest BCUT2D eigenvalue weighted by molar-refractivity contribution is -0.387. The van der Waals surface area contributed by atoms with E-state index in [-0.39, 0.29) is 15.9 Å². The number of halogens is 1. The molecule has 1 aliphatic carbocycles. The molecule has 0 bridgehead atoms. The summed E-state index contributed by atoms with van der Waals surface area (Å²) in [6, 6.07) is 1.65. The maximum Gasteiger partial charge on any atom is 0.306 e. The van der Waals surface area contributed by atoms with Gasteiger partial charge in [0.05, 0.1) is 9.82 Å². The molecule has 0 aliphatic heterocycles. The van der Waals surface area contributed by atoms with E-state index < -0.39 is 26.5 Å². The molecule has 116 valence electrons. The number of nitro groups is 1. The normalized spacial score (nSPS) is 16.7. The second kappa shape index (κ2) is 5.34. The van der Waals surface area contributed by atoms with Crippen LogP contribution in [0.15, 0.2) is 17.0 Å². The number of aryl methyl sites for hydroxylation is 1. The monoisotopic (exact) mass is 316 g/mol. The van der Waals surface area contributed by atoms with Crippen molar-refractivity contribution < 1.29 is 17.7 Å². The van der Waals surface area contributed by atoms with Gasteiger partial charge in [0.2, 0.25) is 15.8 Å². The fourth-order valence-corrected chi connectivity index (χ4v) is 3.63. The molecule has 0 amide bonds. The summed E-state index contributed by atoms with van der Waals surface area (Å²) < 4.78 is 40.5. The van der Waals surface area contributed by atoms with Crippen LogP contribution in [0, 0.1) is 28.3 Å². The van der Waals surface area contributed by atoms with Crippen LogP contribution in [0.25, 0.3) is 0 Å². The zero-order valence-corrected chi connectivity index (χ0v) is 12.7. The summed E-state index contributed by atoms with van der Waals surface area (Å²) in [6.45, 7) is 3.71. The van der Waals surface area contributed by atoms with Crippen molar-refractivity contribution >= 4 is 15.7 Å². The van der Waals surface area contributed by atoms with Gasteiger partial charge in [-0.2, -0.15) is 4.39 Å². The van der Waals surface area contributed by atoms with Crippen molar-refractivity contribution in [1.29, 1.82) is 0 Å². The van der Waals surface area contributed by atoms with Gasteiger partial charge in [0, 0.05) is 12.6 Å². The van der Waals surface area contributed by atoms with E-state index in [1.54, 1.807) is 0 Å². The summed E-state index contributed by atoms with van der Waals surface area (Å²) in [5.74, 6) is -1.04. The molecule has 2 rings (SSSR count). The van der Waals surface area contributed by atoms with Crippen LogP contribution in [0.4, 0.5) is 10.1 Å². The third kappa shape index (κ3) is 3.21. The SMILES string of the molecule is CCC1(CNS(=O)(=O)c2cc([N+](=O)[O-])c(F)cc2C)CC1. The van der Waals surface area contributed by atoms with Crippen LogP contribution in [0.3, 0.4) is 0 Å². The van der Waals surface area contributed by atoms with Gasteiger partial charge in [0.1, 0.15) is 0 Å². The molecule has 0 unspecified atom stereocenters. The number of hydrogen-bond donors (Lipinski definition) is 1. The number of sulfonamides is 1. The molecule has 1 N–H and O–H groups in total. The Morgan fingerprint density at radius 1 is 1.43 bits per heavy atom. The predicted molar refractivity (Wildman–Crippen MR) is 74.9 cm³/mol. The highest BCUT2D eigenvalue weighted by Crippen LogP contribution is 2.48. The molecule has 0 radical (unpaired) electrons. The van der Waals surface area contributed by atoms with Crippen molar-refractivity contribution in [2.45, 2.75) is 38.0 Å². The van der Waals surface area contributed by atoms with Crippen LogP contribution in [-0.2, 0) is 10.0 Å². The molecule has 1 aromatic rings. The van der Waals surface area contributed by atoms with E-state index in [4.69, 9.17) is 0 Å². The molecule has 6 nitrogen and oxygen atoms in total. The average molecular weight is 316 g/mol. The largest absolute Gasteiger partial charge is 0.306 e. The van der Waals surface area contributed by atoms with Gasteiger partial charge in [-0.3, -0.25) is 10.1 Å². The van der Waals surface area contributed by atoms with Crippen molar-refractivity contribution in [2.75, 3.05) is 6.54 Å². The molecule has 8 heteroatoms. The second-order valence-corrected chi connectivity index (χ2v) is 7.24. The first kappa shape index (κ1) is 15.8. The van der Waals surface area contributed by atoms with Crippen LogP contribution in [0.1, 0.15) is 31.7 Å². The molecule has 1 aromatic carbocycles. The summed E-state index contributed by atoms with van der Waals surface area (Å²) in [6.07, 6.45) is 2.81. The third-order valence-corrected chi connectivity index (χ3v) is 5.62. The quantitative estimate of drug-likeness (QED) is 0.645. The molecule has 21 heavy (non-hydrogen) atoms. The summed E-state index contributed by atoms with van der Waals surface area (Å²) in [5, 5.41) is 10.7. The number of nitrogens with zero attached hydrogens (tertiary/aromatic N) is 1. The van der Waals surface area contributed by atoms with Gasteiger partial charge < -0.3 is 0 Å². The fourth-order valence-electron chi connectivity index (χ4n) is 2.23. The molecule has 0 heterocycles. The standard InChI is InChI=1S/C13H17FN2O4S/c1-3-13(4-5-13)8-15-21(19,20)12-7-11(16(17)18)10(14)6-9(12)2/h6-7,15H,3-5,8H2,1-2H3. The van der Waals surface area contributed by atoms with Crippen LogP contribution < -0.4 is 4.72 Å². The first-order valence-electron chi connectivity index (χ1n) is 6.65. The van der Waals surface area contributed by atoms with E-state index in [9.17, 15) is 22.9 Å². The van der Waals surface area contributed by atoms with Gasteiger partial charge in [-0.15, -0.1) is 0 Å². The third-order valence-electron chi connectivity index (χ3n) is 4.07. The smallest absolute Gasteiger partial charge is 0.258 e. The average Bonchev–Trinajstić information content (AvgIpc) is 3.16. The van der Waals surface area contributed by atoms with Gasteiger partial charge >= 0.3 is 5.69 Å². The molecule has 1 aliphatic rings. The van der Waals surface area contributed by atoms with Crippen molar-refractivity contribution in [2.24, 2.45) is 5.41 Å². The Balaban J connectivity index is 2.31. The number of rotatable bonds is 6. The van der Waals surface area contributed by atoms with Gasteiger partial charge in [-0.05, 0) is 43.2 Å². The first-order chi connectivity index (χ1) is 9.71. The Bertz CT molecular complexity index is 684. The molecule has 0 saturated heterocycles. The Kier molecular flexibility index (Phi) is 4.03. The van der Waals surface area contributed by atoms with Crippen molar-refractivity contribution in [3.63, 3.8) is 0 Å². The molecule has 1 fully saturated rings. The van der Waals surface area contributed by atoms with E-state index >= 15 is 0 Å². The summed E-state index contributed by atoms with van der Waals surface area (Å²) in [7, 11) is -3.89. The van der Waals surface area contributed by atoms with Gasteiger partial charge in [-0.25, -0.2) is 13.1 Å². The van der Waals surface area contributed by atoms with E-state index in [0.29, 0.717) is 6.54 Å². The van der Waals surface area contributed by atoms with E-state index in [1.165, 1.54) is 6.92 Å². The van der Waals surface area contributed by atoms with Crippen molar-refractivity contribution in [3.05, 3.63) is 33.6 Å². The Labute approximate surface area is 122 Å². The number of benzene rings is 1. The fraction of sp³-hybridized carbons (Fsp3) is 0.538. The van der Waals surface area contributed by atoms with Crippen LogP contribution in [-0.4, -0.2) is 19.9 Å². The maximum absolute atomic E-state index is 13.5. The number of nitro benzene ring substituents is 1. The minimum Gasteiger partial charge on any atom is -0.258 e. The second-order valence-electron chi connectivity index (χ2n) is 5.50. The molecular formula is C13H17FN2O4S. The van der Waals surface area contributed by atoms with Crippen LogP contribution >= 0.6 is 0 Å². The highest BCUT2D eigenvalue weighted by Gasteiger charge is 2.41. The topological polar surface area (TPSA) is 89.3 Å². The Morgan fingerprint density at radius 2 is 2.05 bits per heavy atom. The molecule has 0 spiro atoms. The minimum atomic E-state index is -3.89. The van der Waals surface area contributed by atoms with Gasteiger partial charge in [0.25, 0.3) is 0 Å². The van der Waals surface area contributed by atoms with E-state index in [1.807, 2.05) is 6.92 Å². The highest BCUT2D eigenvalue weighted by atomic mass is 32.2. The lowest BCUT2D eigenvalue weighted by Gasteiger charge is -2.14. The maximum atomic E-state index is 13.5. The molecule has 0 atom stereocenters. The van der Waals surface area contributed by atoms with Crippen molar-refractivity contribution in [3.8, 4) is 0 Å². The molecular weight excluding hydrogens is 299 g/mol. The summed E-state index contributed by atoms with van der Waals surface area (Å²) >= 11 is 0. The Hall–Kier alpha value is -1.54. The van der Waals surface area contributed by atoms with E-state index in [2.05, 4.69) is 4.72 Å². The van der Waals surface area contributed by atoms with E-state index in [0.717, 1.165) is 31.4 Å². The summed E-state index contributed by atoms with van der Waals surface area (Å²) in [5.41, 5.74) is -0.683. The lowest BCUT2D eigenvalue weighted by Crippen LogP contribution is -2.30. The van der Waals surface area contributed by atoms with Crippen LogP contribution in [0.5, 0.6) is 0 Å². The van der Waals surface area contributed by atoms with Gasteiger partial charge in [-0.1, -0.05) is 6.92 Å². The van der Waals surface area contributed by atoms with Gasteiger partial charge in [0.15, 0.2) is 0 Å². The minimum absolute atomic E-state index is 0.00688. The molecule has 1 saturated carbocycles. The Morgan fingerprint density at radius 3 is 2.52 bits per heavy atom. The van der Waals surface area contributed by atoms with Crippen LogP contribution in [0.2, 0.25) is 0 Å². The lowest BCUT2D eigenvalue weighted by atomic mass is 10.1. The predicted octanol–water partition coefficient (Wildman–Crippen LogP) is 2.51. The number of hydrogen-bond acceptors (Lipinski definition) is 4. The molecule has 0 aromatic heterocycles. The first-order valence-corrected chi connectivity index (χ1v) is 8.13. The number of nitrogens with one attached hydrogen (secondary N) is 1. The zero-order valence-electron chi connectivity index (χ0n) is 11.8. The summed E-state index contributed by atoms with van der Waals surface area (Å²) in [4.78, 5) is 9.56. The highest BCUT2D eigenvalue weighted by molar-refractivity contribution is 7.89.